The third-order valence-corrected chi connectivity index (χ3v) is 12.3. The first-order valence-electron chi connectivity index (χ1n) is 11.9. The zero-order chi connectivity index (χ0) is 26.1. The second kappa shape index (κ2) is 10.3. The number of methoxy groups -OCH3 is 1. The number of carboxylic acids is 1. The molecule has 35 heavy (non-hydrogen) atoms. The molecule has 1 aliphatic heterocycles. The number of fused-ring (bicyclic) bond motifs is 1. The Balaban J connectivity index is 1.99. The van der Waals surface area contributed by atoms with E-state index in [1.165, 1.54) is 0 Å². The minimum absolute atomic E-state index is 0.0143. The van der Waals surface area contributed by atoms with Crippen molar-refractivity contribution in [3.63, 3.8) is 0 Å². The minimum Gasteiger partial charge on any atom is -0.497 e. The third kappa shape index (κ3) is 5.73. The number of ether oxygens (including phenoxy) is 1. The van der Waals surface area contributed by atoms with E-state index in [1.807, 2.05) is 17.9 Å². The number of carbonyl (C=O) groups is 2. The maximum atomic E-state index is 13.8. The molecule has 2 atom stereocenters. The van der Waals surface area contributed by atoms with Crippen molar-refractivity contribution in [3.05, 3.63) is 63.7 Å². The van der Waals surface area contributed by atoms with E-state index < -0.39 is 14.3 Å². The molecule has 0 unspecified atom stereocenters. The van der Waals surface area contributed by atoms with Crippen LogP contribution < -0.4 is 4.74 Å². The molecule has 0 aromatic heterocycles. The predicted octanol–water partition coefficient (Wildman–Crippen LogP) is 6.13. The number of hydrogen-bond donors (Lipinski definition) is 1. The number of benzene rings is 2. The summed E-state index contributed by atoms with van der Waals surface area (Å²) >= 11 is 6.41. The van der Waals surface area contributed by atoms with Gasteiger partial charge in [0.25, 0.3) is 0 Å². The van der Waals surface area contributed by atoms with E-state index in [-0.39, 0.29) is 35.0 Å². The monoisotopic (exact) mass is 517 g/mol. The highest BCUT2D eigenvalue weighted by Gasteiger charge is 2.41. The van der Waals surface area contributed by atoms with E-state index in [2.05, 4.69) is 33.9 Å². The van der Waals surface area contributed by atoms with Crippen LogP contribution in [0.4, 0.5) is 0 Å². The quantitative estimate of drug-likeness (QED) is 0.447. The van der Waals surface area contributed by atoms with Gasteiger partial charge in [-0.1, -0.05) is 44.5 Å². The Hall–Kier alpha value is -2.35. The van der Waals surface area contributed by atoms with Crippen molar-refractivity contribution in [2.45, 2.75) is 70.8 Å². The molecule has 8 heteroatoms. The molecule has 1 heterocycles. The summed E-state index contributed by atoms with van der Waals surface area (Å²) in [6.45, 7) is 13.2. The normalized spacial score (nSPS) is 18.2. The fourth-order valence-corrected chi connectivity index (χ4v) is 5.60. The van der Waals surface area contributed by atoms with Crippen LogP contribution in [0.5, 0.6) is 5.75 Å². The molecule has 0 fully saturated rings. The summed E-state index contributed by atoms with van der Waals surface area (Å²) in [4.78, 5) is 27.6. The summed E-state index contributed by atoms with van der Waals surface area (Å²) in [5.74, 6) is -0.401. The highest BCUT2D eigenvalue weighted by atomic mass is 35.5. The topological polar surface area (TPSA) is 76.1 Å². The zero-order valence-electron chi connectivity index (χ0n) is 21.6. The van der Waals surface area contributed by atoms with Gasteiger partial charge in [0, 0.05) is 5.02 Å². The number of carboxylic acid groups (broad SMARTS) is 1. The molecule has 1 amide bonds. The molecule has 0 aliphatic carbocycles. The Morgan fingerprint density at radius 1 is 1.20 bits per heavy atom. The second-order valence-corrected chi connectivity index (χ2v) is 15.9. The SMILES string of the molecule is COc1ccc(Cl)c(CC(=O)N2[C@@H](CO[Si](C)(C)C(C)(C)C)Cc3c(C(=O)O)cccc3[C@@H]2C)c1. The van der Waals surface area contributed by atoms with Crippen LogP contribution in [0.2, 0.25) is 23.2 Å². The van der Waals surface area contributed by atoms with E-state index in [9.17, 15) is 14.7 Å². The van der Waals surface area contributed by atoms with Crippen molar-refractivity contribution in [1.82, 2.24) is 4.90 Å². The lowest BCUT2D eigenvalue weighted by atomic mass is 9.85. The van der Waals surface area contributed by atoms with Crippen molar-refractivity contribution < 1.29 is 23.9 Å². The van der Waals surface area contributed by atoms with Gasteiger partial charge in [-0.3, -0.25) is 4.79 Å². The van der Waals surface area contributed by atoms with Gasteiger partial charge in [-0.05, 0) is 72.4 Å². The van der Waals surface area contributed by atoms with Crippen molar-refractivity contribution in [2.75, 3.05) is 13.7 Å². The van der Waals surface area contributed by atoms with Gasteiger partial charge in [-0.25, -0.2) is 4.79 Å². The van der Waals surface area contributed by atoms with Gasteiger partial charge in [-0.15, -0.1) is 0 Å². The number of hydrogen-bond acceptors (Lipinski definition) is 4. The Kier molecular flexibility index (Phi) is 8.04. The molecule has 2 aromatic carbocycles. The summed E-state index contributed by atoms with van der Waals surface area (Å²) in [6, 6.07) is 9.98. The smallest absolute Gasteiger partial charge is 0.335 e. The molecular weight excluding hydrogens is 482 g/mol. The lowest BCUT2D eigenvalue weighted by molar-refractivity contribution is -0.137. The number of rotatable bonds is 7. The van der Waals surface area contributed by atoms with Crippen molar-refractivity contribution in [1.29, 1.82) is 0 Å². The number of halogens is 1. The van der Waals surface area contributed by atoms with E-state index in [4.69, 9.17) is 20.8 Å². The molecule has 0 saturated heterocycles. The predicted molar refractivity (Wildman–Crippen MR) is 141 cm³/mol. The standard InChI is InChI=1S/C27H36ClNO5Si/c1-17-21-9-8-10-22(26(31)32)23(21)15-19(16-34-35(6,7)27(2,3)4)29(17)25(30)14-18-13-20(33-5)11-12-24(18)28/h8-13,17,19H,14-16H2,1-7H3,(H,31,32)/t17-,19+/m0/s1. The van der Waals surface area contributed by atoms with Gasteiger partial charge in [0.2, 0.25) is 5.91 Å². The first-order valence-corrected chi connectivity index (χ1v) is 15.2. The Bertz CT molecular complexity index is 1110. The number of carbonyl (C=O) groups excluding carboxylic acids is 1. The van der Waals surface area contributed by atoms with Crippen molar-refractivity contribution in [2.24, 2.45) is 0 Å². The second-order valence-electron chi connectivity index (χ2n) is 10.7. The summed E-state index contributed by atoms with van der Waals surface area (Å²) in [5, 5.41) is 10.3. The average molecular weight is 518 g/mol. The van der Waals surface area contributed by atoms with E-state index >= 15 is 0 Å². The van der Waals surface area contributed by atoms with Crippen LogP contribution in [-0.4, -0.2) is 50.0 Å². The molecule has 0 radical (unpaired) electrons. The summed E-state index contributed by atoms with van der Waals surface area (Å²) < 4.78 is 11.9. The Labute approximate surface area is 214 Å². The average Bonchev–Trinajstić information content (AvgIpc) is 2.78. The zero-order valence-corrected chi connectivity index (χ0v) is 23.4. The molecule has 3 rings (SSSR count). The molecule has 190 valence electrons. The van der Waals surface area contributed by atoms with Crippen molar-refractivity contribution in [3.8, 4) is 5.75 Å². The van der Waals surface area contributed by atoms with Crippen LogP contribution in [0.15, 0.2) is 36.4 Å². The number of aromatic carboxylic acids is 1. The number of amides is 1. The highest BCUT2D eigenvalue weighted by molar-refractivity contribution is 6.74. The van der Waals surface area contributed by atoms with Crippen molar-refractivity contribution >= 4 is 31.8 Å². The third-order valence-electron chi connectivity index (χ3n) is 7.47. The van der Waals surface area contributed by atoms with Gasteiger partial charge < -0.3 is 19.2 Å². The molecule has 2 aromatic rings. The van der Waals surface area contributed by atoms with E-state index in [1.54, 1.807) is 37.4 Å². The van der Waals surface area contributed by atoms with Gasteiger partial charge in [0.05, 0.1) is 37.8 Å². The lowest BCUT2D eigenvalue weighted by Gasteiger charge is -2.44. The molecule has 1 aliphatic rings. The summed E-state index contributed by atoms with van der Waals surface area (Å²) in [7, 11) is -0.514. The lowest BCUT2D eigenvalue weighted by Crippen LogP contribution is -2.52. The fraction of sp³-hybridized carbons (Fsp3) is 0.481. The van der Waals surface area contributed by atoms with E-state index in [0.29, 0.717) is 29.4 Å². The minimum atomic E-state index is -2.09. The molecule has 1 N–H and O–H groups in total. The Morgan fingerprint density at radius 3 is 2.49 bits per heavy atom. The summed E-state index contributed by atoms with van der Waals surface area (Å²) in [6.07, 6.45) is 0.541. The van der Waals surface area contributed by atoms with E-state index in [0.717, 1.165) is 11.1 Å². The van der Waals surface area contributed by atoms with Crippen LogP contribution in [0.1, 0.15) is 60.8 Å². The number of nitrogens with zero attached hydrogens (tertiary/aromatic N) is 1. The Morgan fingerprint density at radius 2 is 1.89 bits per heavy atom. The highest BCUT2D eigenvalue weighted by Crippen LogP contribution is 2.39. The maximum Gasteiger partial charge on any atom is 0.335 e. The molecule has 0 bridgehead atoms. The van der Waals surface area contributed by atoms with Crippen LogP contribution in [0, 0.1) is 0 Å². The van der Waals surface area contributed by atoms with Crippen LogP contribution in [0.3, 0.4) is 0 Å². The van der Waals surface area contributed by atoms with Gasteiger partial charge >= 0.3 is 5.97 Å². The maximum absolute atomic E-state index is 13.8. The van der Waals surface area contributed by atoms with Gasteiger partial charge in [0.1, 0.15) is 5.75 Å². The van der Waals surface area contributed by atoms with Gasteiger partial charge in [-0.2, -0.15) is 0 Å². The fourth-order valence-electron chi connectivity index (χ4n) is 4.37. The first kappa shape index (κ1) is 27.2. The van der Waals surface area contributed by atoms with Gasteiger partial charge in [0.15, 0.2) is 8.32 Å². The molecule has 0 saturated carbocycles. The largest absolute Gasteiger partial charge is 0.497 e. The van der Waals surface area contributed by atoms with Crippen LogP contribution >= 0.6 is 11.6 Å². The molecular formula is C27H36ClNO5Si. The van der Waals surface area contributed by atoms with Crippen LogP contribution in [0.25, 0.3) is 0 Å². The summed E-state index contributed by atoms with van der Waals surface area (Å²) in [5.41, 5.74) is 2.62. The first-order chi connectivity index (χ1) is 16.3. The molecule has 0 spiro atoms. The van der Waals surface area contributed by atoms with Crippen LogP contribution in [-0.2, 0) is 22.1 Å². The molecule has 6 nitrogen and oxygen atoms in total.